The molecule has 6 heteroatoms. The highest BCUT2D eigenvalue weighted by Gasteiger charge is 2.07. The van der Waals surface area contributed by atoms with Gasteiger partial charge in [-0.2, -0.15) is 0 Å². The number of carbonyl (C=O) groups excluding carboxylic acids is 1. The number of carbonyl (C=O) groups is 1. The molecule has 0 spiro atoms. The van der Waals surface area contributed by atoms with Crippen LogP contribution in [0.3, 0.4) is 0 Å². The van der Waals surface area contributed by atoms with E-state index in [-0.39, 0.29) is 11.9 Å². The Labute approximate surface area is 119 Å². The van der Waals surface area contributed by atoms with Gasteiger partial charge in [0.25, 0.3) is 5.91 Å². The molecule has 1 aromatic carbocycles. The minimum absolute atomic E-state index is 0.220. The third kappa shape index (κ3) is 3.75. The van der Waals surface area contributed by atoms with E-state index in [9.17, 15) is 4.79 Å². The molecule has 19 heavy (non-hydrogen) atoms. The van der Waals surface area contributed by atoms with Crippen LogP contribution >= 0.6 is 15.9 Å². The maximum Gasteiger partial charge on any atom is 0.316 e. The third-order valence-corrected chi connectivity index (χ3v) is 2.91. The van der Waals surface area contributed by atoms with Crippen molar-refractivity contribution in [1.29, 1.82) is 0 Å². The molecule has 0 saturated heterocycles. The van der Waals surface area contributed by atoms with Gasteiger partial charge >= 0.3 is 6.01 Å². The van der Waals surface area contributed by atoms with E-state index in [1.54, 1.807) is 0 Å². The van der Waals surface area contributed by atoms with E-state index < -0.39 is 0 Å². The normalized spacial score (nSPS) is 10.0. The molecule has 1 heterocycles. The standard InChI is InChI=1S/C13H12BrN3O2/c1-19-13-16-7-10(8-17-13)12(18)15-6-9-3-2-4-11(14)5-9/h2-5,7-8H,6H2,1H3,(H,15,18). The number of rotatable bonds is 4. The predicted octanol–water partition coefficient (Wildman–Crippen LogP) is 2.18. The average molecular weight is 322 g/mol. The van der Waals surface area contributed by atoms with E-state index in [0.29, 0.717) is 12.1 Å². The van der Waals surface area contributed by atoms with Gasteiger partial charge in [0.2, 0.25) is 0 Å². The average Bonchev–Trinajstić information content (AvgIpc) is 2.45. The number of nitrogens with one attached hydrogen (secondary N) is 1. The topological polar surface area (TPSA) is 64.1 Å². The number of methoxy groups -OCH3 is 1. The van der Waals surface area contributed by atoms with Crippen LogP contribution in [0.5, 0.6) is 6.01 Å². The van der Waals surface area contributed by atoms with Crippen molar-refractivity contribution in [2.24, 2.45) is 0 Å². The van der Waals surface area contributed by atoms with Gasteiger partial charge in [-0.25, -0.2) is 9.97 Å². The largest absolute Gasteiger partial charge is 0.467 e. The summed E-state index contributed by atoms with van der Waals surface area (Å²) in [6.45, 7) is 0.449. The summed E-state index contributed by atoms with van der Waals surface area (Å²) in [6.07, 6.45) is 2.87. The van der Waals surface area contributed by atoms with Crippen molar-refractivity contribution >= 4 is 21.8 Å². The second-order valence-corrected chi connectivity index (χ2v) is 4.69. The quantitative estimate of drug-likeness (QED) is 0.937. The molecule has 0 unspecified atom stereocenters. The molecule has 0 aliphatic carbocycles. The molecule has 0 radical (unpaired) electrons. The Morgan fingerprint density at radius 1 is 1.37 bits per heavy atom. The van der Waals surface area contributed by atoms with Crippen molar-refractivity contribution in [2.75, 3.05) is 7.11 Å². The summed E-state index contributed by atoms with van der Waals surface area (Å²) in [7, 11) is 1.47. The van der Waals surface area contributed by atoms with Crippen LogP contribution in [0.1, 0.15) is 15.9 Å². The van der Waals surface area contributed by atoms with Gasteiger partial charge in [-0.05, 0) is 17.7 Å². The lowest BCUT2D eigenvalue weighted by Crippen LogP contribution is -2.23. The van der Waals surface area contributed by atoms with Gasteiger partial charge < -0.3 is 10.1 Å². The zero-order chi connectivity index (χ0) is 13.7. The van der Waals surface area contributed by atoms with Gasteiger partial charge in [0, 0.05) is 23.4 Å². The smallest absolute Gasteiger partial charge is 0.316 e. The highest BCUT2D eigenvalue weighted by Crippen LogP contribution is 2.11. The Morgan fingerprint density at radius 2 is 2.11 bits per heavy atom. The molecule has 1 amide bonds. The van der Waals surface area contributed by atoms with Crippen LogP contribution < -0.4 is 10.1 Å². The highest BCUT2D eigenvalue weighted by atomic mass is 79.9. The first-order valence-electron chi connectivity index (χ1n) is 5.57. The molecule has 0 aliphatic heterocycles. The number of benzene rings is 1. The number of nitrogens with zero attached hydrogens (tertiary/aromatic N) is 2. The Morgan fingerprint density at radius 3 is 2.74 bits per heavy atom. The number of ether oxygens (including phenoxy) is 1. The van der Waals surface area contributed by atoms with Crippen molar-refractivity contribution < 1.29 is 9.53 Å². The van der Waals surface area contributed by atoms with E-state index >= 15 is 0 Å². The van der Waals surface area contributed by atoms with Gasteiger partial charge in [-0.15, -0.1) is 0 Å². The van der Waals surface area contributed by atoms with E-state index in [0.717, 1.165) is 10.0 Å². The van der Waals surface area contributed by atoms with Crippen LogP contribution in [0.25, 0.3) is 0 Å². The number of amides is 1. The Hall–Kier alpha value is -1.95. The van der Waals surface area contributed by atoms with Crippen molar-refractivity contribution in [2.45, 2.75) is 6.54 Å². The summed E-state index contributed by atoms with van der Waals surface area (Å²) in [5, 5.41) is 2.80. The summed E-state index contributed by atoms with van der Waals surface area (Å²) in [5.74, 6) is -0.220. The van der Waals surface area contributed by atoms with Gasteiger partial charge in [0.15, 0.2) is 0 Å². The lowest BCUT2D eigenvalue weighted by molar-refractivity contribution is 0.0950. The predicted molar refractivity (Wildman–Crippen MR) is 73.9 cm³/mol. The second-order valence-electron chi connectivity index (χ2n) is 3.77. The lowest BCUT2D eigenvalue weighted by atomic mass is 10.2. The number of aromatic nitrogens is 2. The molecule has 0 aliphatic rings. The molecule has 0 fully saturated rings. The SMILES string of the molecule is COc1ncc(C(=O)NCc2cccc(Br)c2)cn1. The van der Waals surface area contributed by atoms with E-state index in [1.807, 2.05) is 24.3 Å². The zero-order valence-corrected chi connectivity index (χ0v) is 11.8. The molecule has 2 aromatic rings. The monoisotopic (exact) mass is 321 g/mol. The maximum absolute atomic E-state index is 11.9. The van der Waals surface area contributed by atoms with Crippen molar-refractivity contribution in [1.82, 2.24) is 15.3 Å². The second kappa shape index (κ2) is 6.29. The summed E-state index contributed by atoms with van der Waals surface area (Å²) in [5.41, 5.74) is 1.41. The van der Waals surface area contributed by atoms with Crippen LogP contribution in [-0.4, -0.2) is 23.0 Å². The Kier molecular flexibility index (Phi) is 4.46. The van der Waals surface area contributed by atoms with Gasteiger partial charge in [-0.1, -0.05) is 28.1 Å². The third-order valence-electron chi connectivity index (χ3n) is 2.42. The fraction of sp³-hybridized carbons (Fsp3) is 0.154. The number of halogens is 1. The van der Waals surface area contributed by atoms with Crippen LogP contribution in [0.2, 0.25) is 0 Å². The summed E-state index contributed by atoms with van der Waals surface area (Å²) in [4.78, 5) is 19.6. The first-order chi connectivity index (χ1) is 9.19. The van der Waals surface area contributed by atoms with Crippen LogP contribution in [0, 0.1) is 0 Å². The first kappa shape index (κ1) is 13.5. The van der Waals surface area contributed by atoms with Crippen LogP contribution in [-0.2, 0) is 6.54 Å². The lowest BCUT2D eigenvalue weighted by Gasteiger charge is -2.05. The minimum atomic E-state index is -0.220. The molecule has 1 N–H and O–H groups in total. The number of hydrogen-bond acceptors (Lipinski definition) is 4. The highest BCUT2D eigenvalue weighted by molar-refractivity contribution is 9.10. The van der Waals surface area contributed by atoms with Crippen molar-refractivity contribution in [3.63, 3.8) is 0 Å². The molecule has 98 valence electrons. The maximum atomic E-state index is 11.9. The molecule has 0 atom stereocenters. The molecular formula is C13H12BrN3O2. The van der Waals surface area contributed by atoms with Crippen LogP contribution in [0.4, 0.5) is 0 Å². The molecular weight excluding hydrogens is 310 g/mol. The molecule has 0 saturated carbocycles. The number of hydrogen-bond donors (Lipinski definition) is 1. The zero-order valence-electron chi connectivity index (χ0n) is 10.3. The first-order valence-corrected chi connectivity index (χ1v) is 6.37. The van der Waals surface area contributed by atoms with Crippen molar-refractivity contribution in [3.8, 4) is 6.01 Å². The molecule has 2 rings (SSSR count). The fourth-order valence-corrected chi connectivity index (χ4v) is 1.92. The van der Waals surface area contributed by atoms with E-state index in [2.05, 4.69) is 31.2 Å². The fourth-order valence-electron chi connectivity index (χ4n) is 1.47. The van der Waals surface area contributed by atoms with Gasteiger partial charge in [0.1, 0.15) is 0 Å². The summed E-state index contributed by atoms with van der Waals surface area (Å²) in [6, 6.07) is 7.98. The Bertz CT molecular complexity index is 572. The molecule has 0 bridgehead atoms. The van der Waals surface area contributed by atoms with Crippen LogP contribution in [0.15, 0.2) is 41.1 Å². The van der Waals surface area contributed by atoms with Gasteiger partial charge in [-0.3, -0.25) is 4.79 Å². The van der Waals surface area contributed by atoms with Crippen molar-refractivity contribution in [3.05, 3.63) is 52.3 Å². The van der Waals surface area contributed by atoms with E-state index in [4.69, 9.17) is 4.74 Å². The summed E-state index contributed by atoms with van der Waals surface area (Å²) >= 11 is 3.38. The van der Waals surface area contributed by atoms with Gasteiger partial charge in [0.05, 0.1) is 12.7 Å². The Balaban J connectivity index is 1.97. The molecule has 5 nitrogen and oxygen atoms in total. The minimum Gasteiger partial charge on any atom is -0.467 e. The summed E-state index contributed by atoms with van der Waals surface area (Å²) < 4.78 is 5.81. The van der Waals surface area contributed by atoms with E-state index in [1.165, 1.54) is 19.5 Å². The molecule has 1 aromatic heterocycles.